The number of benzene rings is 1. The molecule has 6 nitrogen and oxygen atoms in total. The number of aromatic nitrogens is 1. The molecule has 1 N–H and O–H groups in total. The first-order chi connectivity index (χ1) is 15.0. The standard InChI is InChI=1S/C23H22BrN3O3S/c1-3-29-20(28)13-27-22(21(26-23(27)31)17-6-4-5-11-25-17)19-10-9-18(30-19)15-8-7-14(2)12-16(15)24/h4-12,21-22H,3,13H2,1-2H3,(H,26,31). The highest BCUT2D eigenvalue weighted by Gasteiger charge is 2.42. The number of pyridine rings is 1. The van der Waals surface area contributed by atoms with E-state index in [9.17, 15) is 4.79 Å². The highest BCUT2D eigenvalue weighted by atomic mass is 79.9. The zero-order valence-corrected chi connectivity index (χ0v) is 19.6. The van der Waals surface area contributed by atoms with Gasteiger partial charge in [0.1, 0.15) is 24.1 Å². The third-order valence-corrected chi connectivity index (χ3v) is 6.12. The molecule has 4 rings (SSSR count). The first-order valence-electron chi connectivity index (χ1n) is 9.98. The van der Waals surface area contributed by atoms with Gasteiger partial charge in [-0.15, -0.1) is 0 Å². The van der Waals surface area contributed by atoms with Crippen LogP contribution in [0.5, 0.6) is 0 Å². The Hall–Kier alpha value is -2.71. The minimum absolute atomic E-state index is 0.0257. The van der Waals surface area contributed by atoms with Crippen LogP contribution in [0.1, 0.15) is 36.0 Å². The van der Waals surface area contributed by atoms with Crippen molar-refractivity contribution in [3.05, 3.63) is 76.2 Å². The van der Waals surface area contributed by atoms with Crippen molar-refractivity contribution in [3.63, 3.8) is 0 Å². The summed E-state index contributed by atoms with van der Waals surface area (Å²) >= 11 is 9.18. The van der Waals surface area contributed by atoms with Gasteiger partial charge in [-0.05, 0) is 68.0 Å². The largest absolute Gasteiger partial charge is 0.465 e. The highest BCUT2D eigenvalue weighted by molar-refractivity contribution is 9.10. The van der Waals surface area contributed by atoms with Crippen LogP contribution in [-0.4, -0.2) is 34.1 Å². The van der Waals surface area contributed by atoms with Crippen LogP contribution in [0.2, 0.25) is 0 Å². The molecule has 1 aromatic carbocycles. The van der Waals surface area contributed by atoms with Crippen LogP contribution in [0.3, 0.4) is 0 Å². The van der Waals surface area contributed by atoms with E-state index in [2.05, 4.69) is 26.2 Å². The number of esters is 1. The van der Waals surface area contributed by atoms with Gasteiger partial charge in [0.2, 0.25) is 0 Å². The average Bonchev–Trinajstić information content (AvgIpc) is 3.34. The van der Waals surface area contributed by atoms with Gasteiger partial charge in [0.25, 0.3) is 0 Å². The molecule has 31 heavy (non-hydrogen) atoms. The third kappa shape index (κ3) is 4.50. The van der Waals surface area contributed by atoms with E-state index in [1.54, 1.807) is 18.0 Å². The average molecular weight is 500 g/mol. The molecule has 3 aromatic rings. The van der Waals surface area contributed by atoms with Gasteiger partial charge < -0.3 is 19.4 Å². The molecule has 0 amide bonds. The first kappa shape index (κ1) is 21.5. The van der Waals surface area contributed by atoms with Crippen LogP contribution < -0.4 is 5.32 Å². The molecule has 3 heterocycles. The van der Waals surface area contributed by atoms with Crippen molar-refractivity contribution in [2.45, 2.75) is 25.9 Å². The summed E-state index contributed by atoms with van der Waals surface area (Å²) in [7, 11) is 0. The van der Waals surface area contributed by atoms with Crippen LogP contribution in [0.15, 0.2) is 63.6 Å². The number of aryl methyl sites for hydroxylation is 1. The lowest BCUT2D eigenvalue weighted by Crippen LogP contribution is -2.35. The van der Waals surface area contributed by atoms with Crippen molar-refractivity contribution in [1.29, 1.82) is 0 Å². The Kier molecular flexibility index (Phi) is 6.38. The molecule has 0 radical (unpaired) electrons. The van der Waals surface area contributed by atoms with E-state index in [1.165, 1.54) is 0 Å². The third-order valence-electron chi connectivity index (χ3n) is 5.11. The van der Waals surface area contributed by atoms with E-state index in [-0.39, 0.29) is 24.6 Å². The molecule has 1 aliphatic heterocycles. The Morgan fingerprint density at radius 3 is 2.84 bits per heavy atom. The number of nitrogens with zero attached hydrogens (tertiary/aromatic N) is 2. The number of halogens is 1. The summed E-state index contributed by atoms with van der Waals surface area (Å²) in [6.45, 7) is 4.16. The molecule has 1 saturated heterocycles. The number of hydrogen-bond donors (Lipinski definition) is 1. The summed E-state index contributed by atoms with van der Waals surface area (Å²) in [4.78, 5) is 18.6. The highest BCUT2D eigenvalue weighted by Crippen LogP contribution is 2.41. The van der Waals surface area contributed by atoms with E-state index in [4.69, 9.17) is 21.4 Å². The second-order valence-electron chi connectivity index (χ2n) is 7.24. The Morgan fingerprint density at radius 2 is 2.13 bits per heavy atom. The Morgan fingerprint density at radius 1 is 1.29 bits per heavy atom. The molecule has 160 valence electrons. The van der Waals surface area contributed by atoms with Crippen molar-refractivity contribution in [2.24, 2.45) is 0 Å². The number of nitrogens with one attached hydrogen (secondary N) is 1. The quantitative estimate of drug-likeness (QED) is 0.380. The summed E-state index contributed by atoms with van der Waals surface area (Å²) in [6, 6.07) is 15.1. The predicted molar refractivity (Wildman–Crippen MR) is 125 cm³/mol. The zero-order valence-electron chi connectivity index (χ0n) is 17.2. The molecule has 1 fully saturated rings. The lowest BCUT2D eigenvalue weighted by molar-refractivity contribution is -0.143. The van der Waals surface area contributed by atoms with Gasteiger partial charge in [0.05, 0.1) is 18.3 Å². The lowest BCUT2D eigenvalue weighted by Gasteiger charge is -2.25. The van der Waals surface area contributed by atoms with Crippen molar-refractivity contribution >= 4 is 39.2 Å². The molecule has 0 aliphatic carbocycles. The number of rotatable bonds is 6. The number of ether oxygens (including phenoxy) is 1. The normalized spacial score (nSPS) is 18.2. The van der Waals surface area contributed by atoms with Gasteiger partial charge in [-0.1, -0.05) is 28.1 Å². The van der Waals surface area contributed by atoms with Crippen molar-refractivity contribution < 1.29 is 13.9 Å². The Bertz CT molecular complexity index is 1100. The number of thiocarbonyl (C=S) groups is 1. The number of furan rings is 1. The van der Waals surface area contributed by atoms with Crippen LogP contribution in [0.25, 0.3) is 11.3 Å². The van der Waals surface area contributed by atoms with E-state index in [0.717, 1.165) is 27.1 Å². The van der Waals surface area contributed by atoms with E-state index in [1.807, 2.05) is 55.5 Å². The smallest absolute Gasteiger partial charge is 0.325 e. The van der Waals surface area contributed by atoms with Gasteiger partial charge in [-0.2, -0.15) is 0 Å². The van der Waals surface area contributed by atoms with E-state index in [0.29, 0.717) is 17.5 Å². The fourth-order valence-corrected chi connectivity index (χ4v) is 4.70. The molecule has 8 heteroatoms. The molecule has 1 aliphatic rings. The van der Waals surface area contributed by atoms with Gasteiger partial charge >= 0.3 is 5.97 Å². The van der Waals surface area contributed by atoms with Crippen LogP contribution >= 0.6 is 28.1 Å². The van der Waals surface area contributed by atoms with E-state index < -0.39 is 0 Å². The number of carbonyl (C=O) groups excluding carboxylic acids is 1. The maximum absolute atomic E-state index is 12.3. The molecule has 2 unspecified atom stereocenters. The molecular weight excluding hydrogens is 478 g/mol. The van der Waals surface area contributed by atoms with Crippen molar-refractivity contribution in [1.82, 2.24) is 15.2 Å². The zero-order chi connectivity index (χ0) is 22.0. The number of hydrogen-bond acceptors (Lipinski definition) is 5. The minimum atomic E-state index is -0.343. The molecule has 2 aromatic heterocycles. The van der Waals surface area contributed by atoms with Crippen LogP contribution in [0.4, 0.5) is 0 Å². The first-order valence-corrected chi connectivity index (χ1v) is 11.2. The summed E-state index contributed by atoms with van der Waals surface area (Å²) in [5, 5.41) is 3.76. The summed E-state index contributed by atoms with van der Waals surface area (Å²) < 4.78 is 12.4. The van der Waals surface area contributed by atoms with Crippen molar-refractivity contribution in [2.75, 3.05) is 13.2 Å². The number of carbonyl (C=O) groups is 1. The monoisotopic (exact) mass is 499 g/mol. The maximum Gasteiger partial charge on any atom is 0.325 e. The van der Waals surface area contributed by atoms with Gasteiger partial charge in [-0.3, -0.25) is 9.78 Å². The lowest BCUT2D eigenvalue weighted by atomic mass is 10.0. The van der Waals surface area contributed by atoms with Gasteiger partial charge in [0, 0.05) is 16.2 Å². The maximum atomic E-state index is 12.3. The second kappa shape index (κ2) is 9.20. The SMILES string of the molecule is CCOC(=O)CN1C(=S)NC(c2ccccn2)C1c1ccc(-c2ccc(C)cc2Br)o1. The molecule has 0 saturated carbocycles. The molecule has 0 bridgehead atoms. The Balaban J connectivity index is 1.72. The fraction of sp³-hybridized carbons (Fsp3) is 0.261. The summed E-state index contributed by atoms with van der Waals surface area (Å²) in [6.07, 6.45) is 1.74. The van der Waals surface area contributed by atoms with E-state index >= 15 is 0 Å². The summed E-state index contributed by atoms with van der Waals surface area (Å²) in [5.41, 5.74) is 2.93. The topological polar surface area (TPSA) is 67.6 Å². The van der Waals surface area contributed by atoms with Gasteiger partial charge in [-0.25, -0.2) is 0 Å². The minimum Gasteiger partial charge on any atom is -0.465 e. The summed E-state index contributed by atoms with van der Waals surface area (Å²) in [5.74, 6) is 1.08. The van der Waals surface area contributed by atoms with Crippen LogP contribution in [-0.2, 0) is 9.53 Å². The molecule has 0 spiro atoms. The predicted octanol–water partition coefficient (Wildman–Crippen LogP) is 4.95. The molecular formula is C23H22BrN3O3S. The van der Waals surface area contributed by atoms with Crippen molar-refractivity contribution in [3.8, 4) is 11.3 Å². The van der Waals surface area contributed by atoms with Crippen LogP contribution in [0, 0.1) is 6.92 Å². The Labute approximate surface area is 194 Å². The van der Waals surface area contributed by atoms with Gasteiger partial charge in [0.15, 0.2) is 5.11 Å². The molecule has 2 atom stereocenters. The fourth-order valence-electron chi connectivity index (χ4n) is 3.71. The second-order valence-corrected chi connectivity index (χ2v) is 8.49.